The Morgan fingerprint density at radius 2 is 1.90 bits per heavy atom. The van der Waals surface area contributed by atoms with Crippen LogP contribution in [0.15, 0.2) is 36.4 Å². The number of nitrogens with zero attached hydrogens (tertiary/aromatic N) is 1. The highest BCUT2D eigenvalue weighted by Crippen LogP contribution is 2.65. The number of amides is 2. The maximum atomic E-state index is 13.8. The van der Waals surface area contributed by atoms with Crippen LogP contribution in [0.25, 0.3) is 0 Å². The van der Waals surface area contributed by atoms with Crippen LogP contribution in [0, 0.1) is 34.5 Å². The molecule has 1 N–H and O–H groups in total. The van der Waals surface area contributed by atoms with Crippen LogP contribution in [-0.4, -0.2) is 24.4 Å². The molecule has 1 aromatic carbocycles. The Hall–Kier alpha value is -2.10. The summed E-state index contributed by atoms with van der Waals surface area (Å²) >= 11 is 0. The number of anilines is 1. The Morgan fingerprint density at radius 3 is 2.77 bits per heavy atom. The Kier molecular flexibility index (Phi) is 4.23. The Bertz CT molecular complexity index is 970. The minimum absolute atomic E-state index is 0.0636. The maximum absolute atomic E-state index is 13.8. The Balaban J connectivity index is 1.27. The number of carbonyl (C=O) groups excluding carboxylic acids is 2. The molecule has 3 aliphatic carbocycles. The van der Waals surface area contributed by atoms with Gasteiger partial charge in [0.05, 0.1) is 0 Å². The first kappa shape index (κ1) is 19.6. The van der Waals surface area contributed by atoms with E-state index in [1.54, 1.807) is 6.08 Å². The molecule has 2 heterocycles. The number of hydrogen-bond acceptors (Lipinski definition) is 2. The van der Waals surface area contributed by atoms with E-state index in [0.717, 1.165) is 37.9 Å². The monoisotopic (exact) mass is 418 g/mol. The lowest BCUT2D eigenvalue weighted by Gasteiger charge is -2.58. The van der Waals surface area contributed by atoms with Gasteiger partial charge in [0.1, 0.15) is 0 Å². The zero-order valence-corrected chi connectivity index (χ0v) is 18.8. The number of fused-ring (bicyclic) bond motifs is 6. The van der Waals surface area contributed by atoms with Gasteiger partial charge in [-0.3, -0.25) is 9.59 Å². The van der Waals surface area contributed by atoms with Gasteiger partial charge in [-0.05, 0) is 85.8 Å². The third-order valence-electron chi connectivity index (χ3n) is 10.1. The molecule has 0 saturated heterocycles. The molecule has 0 radical (unpaired) electrons. The number of carbonyl (C=O) groups is 2. The lowest BCUT2D eigenvalue weighted by molar-refractivity contribution is -0.131. The second-order valence-corrected chi connectivity index (χ2v) is 11.3. The largest absolute Gasteiger partial charge is 0.349 e. The van der Waals surface area contributed by atoms with E-state index in [2.05, 4.69) is 54.4 Å². The summed E-state index contributed by atoms with van der Waals surface area (Å²) in [4.78, 5) is 27.9. The maximum Gasteiger partial charge on any atom is 0.243 e. The molecule has 3 fully saturated rings. The number of nitrogens with one attached hydrogen (secondary N) is 1. The lowest BCUT2D eigenvalue weighted by atomic mass is 9.48. The van der Waals surface area contributed by atoms with Crippen LogP contribution in [0.3, 0.4) is 0 Å². The molecular weight excluding hydrogens is 384 g/mol. The minimum Gasteiger partial charge on any atom is -0.349 e. The summed E-state index contributed by atoms with van der Waals surface area (Å²) < 4.78 is 0. The summed E-state index contributed by atoms with van der Waals surface area (Å²) in [6, 6.07) is 8.71. The van der Waals surface area contributed by atoms with E-state index in [9.17, 15) is 9.59 Å². The van der Waals surface area contributed by atoms with Gasteiger partial charge < -0.3 is 10.2 Å². The van der Waals surface area contributed by atoms with Gasteiger partial charge in [-0.25, -0.2) is 0 Å². The molecule has 164 valence electrons. The van der Waals surface area contributed by atoms with Crippen LogP contribution >= 0.6 is 0 Å². The average molecular weight is 419 g/mol. The van der Waals surface area contributed by atoms with E-state index in [1.165, 1.54) is 24.8 Å². The van der Waals surface area contributed by atoms with Gasteiger partial charge in [0, 0.05) is 29.6 Å². The highest BCUT2D eigenvalue weighted by Gasteiger charge is 2.61. The molecule has 2 amide bonds. The Labute approximate surface area is 185 Å². The topological polar surface area (TPSA) is 49.4 Å². The van der Waals surface area contributed by atoms with Gasteiger partial charge >= 0.3 is 0 Å². The molecule has 6 rings (SSSR count). The van der Waals surface area contributed by atoms with Gasteiger partial charge in [-0.15, -0.1) is 0 Å². The predicted molar refractivity (Wildman–Crippen MR) is 121 cm³/mol. The molecule has 0 unspecified atom stereocenters. The predicted octanol–water partition coefficient (Wildman–Crippen LogP) is 4.49. The van der Waals surface area contributed by atoms with Crippen molar-refractivity contribution in [2.45, 2.75) is 64.8 Å². The van der Waals surface area contributed by atoms with E-state index in [-0.39, 0.29) is 28.7 Å². The third-order valence-corrected chi connectivity index (χ3v) is 10.1. The van der Waals surface area contributed by atoms with Crippen molar-refractivity contribution < 1.29 is 9.59 Å². The molecule has 2 aliphatic heterocycles. The van der Waals surface area contributed by atoms with E-state index in [4.69, 9.17) is 0 Å². The molecule has 31 heavy (non-hydrogen) atoms. The second-order valence-electron chi connectivity index (χ2n) is 11.3. The first-order valence-electron chi connectivity index (χ1n) is 12.3. The average Bonchev–Trinajstić information content (AvgIpc) is 3.35. The van der Waals surface area contributed by atoms with Crippen LogP contribution in [0.1, 0.15) is 57.9 Å². The van der Waals surface area contributed by atoms with E-state index < -0.39 is 0 Å². The van der Waals surface area contributed by atoms with Crippen molar-refractivity contribution in [2.24, 2.45) is 34.5 Å². The van der Waals surface area contributed by atoms with Gasteiger partial charge in [0.2, 0.25) is 11.8 Å². The second kappa shape index (κ2) is 6.70. The van der Waals surface area contributed by atoms with Crippen molar-refractivity contribution in [1.82, 2.24) is 5.32 Å². The van der Waals surface area contributed by atoms with Crippen molar-refractivity contribution in [3.63, 3.8) is 0 Å². The molecule has 0 aromatic heterocycles. The summed E-state index contributed by atoms with van der Waals surface area (Å²) in [6.07, 6.45) is 11.7. The Morgan fingerprint density at radius 1 is 1.06 bits per heavy atom. The molecule has 1 aromatic rings. The minimum atomic E-state index is 0.0636. The fourth-order valence-electron chi connectivity index (χ4n) is 8.49. The van der Waals surface area contributed by atoms with Gasteiger partial charge in [-0.1, -0.05) is 38.1 Å². The van der Waals surface area contributed by atoms with Gasteiger partial charge in [-0.2, -0.15) is 0 Å². The fraction of sp³-hybridized carbons (Fsp3) is 0.630. The van der Waals surface area contributed by atoms with Crippen molar-refractivity contribution >= 4 is 17.5 Å². The van der Waals surface area contributed by atoms with Crippen LogP contribution in [0.4, 0.5) is 5.69 Å². The molecule has 4 nitrogen and oxygen atoms in total. The summed E-state index contributed by atoms with van der Waals surface area (Å²) in [5.41, 5.74) is 2.63. The van der Waals surface area contributed by atoms with Crippen LogP contribution in [0.2, 0.25) is 0 Å². The van der Waals surface area contributed by atoms with Crippen molar-refractivity contribution in [2.75, 3.05) is 11.4 Å². The van der Waals surface area contributed by atoms with E-state index >= 15 is 0 Å². The summed E-state index contributed by atoms with van der Waals surface area (Å²) in [5, 5.41) is 3.25. The number of para-hydroxylation sites is 1. The number of benzene rings is 1. The molecular formula is C27H34N2O2. The fourth-order valence-corrected chi connectivity index (χ4v) is 8.49. The normalized spacial score (nSPS) is 43.0. The van der Waals surface area contributed by atoms with Gasteiger partial charge in [0.15, 0.2) is 0 Å². The van der Waals surface area contributed by atoms with Gasteiger partial charge in [0.25, 0.3) is 0 Å². The number of rotatable bonds is 1. The van der Waals surface area contributed by atoms with Crippen LogP contribution in [-0.2, 0) is 16.0 Å². The molecule has 4 heteroatoms. The SMILES string of the molecule is C[C@]12C=CC(=O)N[C@@H]1CC[C@@H]1[C@@H]2CC[C@]2(C)[C@@H](C(=O)N3CCc4ccccc43)CC[C@@H]12. The van der Waals surface area contributed by atoms with Crippen molar-refractivity contribution in [1.29, 1.82) is 0 Å². The highest BCUT2D eigenvalue weighted by molar-refractivity contribution is 5.97. The summed E-state index contributed by atoms with van der Waals surface area (Å²) in [5.74, 6) is 2.50. The van der Waals surface area contributed by atoms with E-state index in [0.29, 0.717) is 23.7 Å². The molecule has 5 aliphatic rings. The summed E-state index contributed by atoms with van der Waals surface area (Å²) in [7, 11) is 0. The van der Waals surface area contributed by atoms with Crippen molar-refractivity contribution in [3.8, 4) is 0 Å². The molecule has 3 saturated carbocycles. The van der Waals surface area contributed by atoms with E-state index in [1.807, 2.05) is 0 Å². The van der Waals surface area contributed by atoms with Crippen molar-refractivity contribution in [3.05, 3.63) is 42.0 Å². The standard InChI is InChI=1S/C27H34N2O2/c1-26-14-11-20-18(7-10-23-27(20,2)15-12-24(30)28-23)19(26)8-9-21(26)25(31)29-16-13-17-5-3-4-6-22(17)29/h3-6,12,15,18-21,23H,7-11,13-14,16H2,1-2H3,(H,28,30)/t18-,19-,20-,21+,23+,26-,27+/m0/s1. The lowest BCUT2D eigenvalue weighted by Crippen LogP contribution is -2.59. The first-order valence-corrected chi connectivity index (χ1v) is 12.3. The zero-order valence-electron chi connectivity index (χ0n) is 18.8. The quantitative estimate of drug-likeness (QED) is 0.731. The molecule has 0 bridgehead atoms. The number of hydrogen-bond donors (Lipinski definition) is 1. The third kappa shape index (κ3) is 2.66. The van der Waals surface area contributed by atoms with Crippen LogP contribution < -0.4 is 10.2 Å². The highest BCUT2D eigenvalue weighted by atomic mass is 16.2. The smallest absolute Gasteiger partial charge is 0.243 e. The first-order chi connectivity index (χ1) is 14.9. The molecule has 0 spiro atoms. The van der Waals surface area contributed by atoms with Crippen LogP contribution in [0.5, 0.6) is 0 Å². The summed E-state index contributed by atoms with van der Waals surface area (Å²) in [6.45, 7) is 5.63. The zero-order chi connectivity index (χ0) is 21.4. The molecule has 7 atom stereocenters.